The van der Waals surface area contributed by atoms with Gasteiger partial charge in [-0.3, -0.25) is 4.79 Å². The number of benzene rings is 1. The van der Waals surface area contributed by atoms with Gasteiger partial charge in [0.05, 0.1) is 6.04 Å². The van der Waals surface area contributed by atoms with E-state index in [1.54, 1.807) is 29.5 Å². The lowest BCUT2D eigenvalue weighted by molar-refractivity contribution is 0.0695. The highest BCUT2D eigenvalue weighted by Gasteiger charge is 2.33. The number of hydrogen-bond donors (Lipinski definition) is 0. The average molecular weight is 342 g/mol. The predicted octanol–water partition coefficient (Wildman–Crippen LogP) is 4.52. The zero-order valence-electron chi connectivity index (χ0n) is 12.8. The number of nitrogens with zero attached hydrogens (tertiary/aromatic N) is 2. The highest BCUT2D eigenvalue weighted by Crippen LogP contribution is 2.35. The Morgan fingerprint density at radius 1 is 1.29 bits per heavy atom. The van der Waals surface area contributed by atoms with Gasteiger partial charge in [0.15, 0.2) is 0 Å². The number of aromatic nitrogens is 1. The molecule has 0 saturated carbocycles. The molecule has 24 heavy (non-hydrogen) atoms. The fourth-order valence-electron chi connectivity index (χ4n) is 3.10. The van der Waals surface area contributed by atoms with Gasteiger partial charge in [-0.1, -0.05) is 23.4 Å². The molecule has 3 heterocycles. The number of halogens is 1. The number of rotatable bonds is 3. The quantitative estimate of drug-likeness (QED) is 0.703. The summed E-state index contributed by atoms with van der Waals surface area (Å²) in [6.45, 7) is 0.692. The van der Waals surface area contributed by atoms with Crippen LogP contribution in [0.1, 0.15) is 34.3 Å². The van der Waals surface area contributed by atoms with Gasteiger partial charge in [0, 0.05) is 23.1 Å². The molecular formula is C18H15FN2O2S. The van der Waals surface area contributed by atoms with Crippen molar-refractivity contribution in [2.75, 3.05) is 6.54 Å². The summed E-state index contributed by atoms with van der Waals surface area (Å²) < 4.78 is 19.1. The summed E-state index contributed by atoms with van der Waals surface area (Å²) in [5.41, 5.74) is 0.667. The van der Waals surface area contributed by atoms with E-state index in [9.17, 15) is 9.18 Å². The minimum atomic E-state index is -0.387. The number of carbonyl (C=O) groups excluding carboxylic acids is 1. The van der Waals surface area contributed by atoms with Crippen molar-refractivity contribution in [2.24, 2.45) is 0 Å². The van der Waals surface area contributed by atoms with Crippen molar-refractivity contribution in [3.63, 3.8) is 0 Å². The van der Waals surface area contributed by atoms with Crippen LogP contribution in [0.15, 0.2) is 52.4 Å². The van der Waals surface area contributed by atoms with E-state index < -0.39 is 0 Å². The van der Waals surface area contributed by atoms with Crippen LogP contribution in [0.25, 0.3) is 11.3 Å². The highest BCUT2D eigenvalue weighted by atomic mass is 32.1. The molecule has 1 aliphatic heterocycles. The first kappa shape index (κ1) is 15.1. The number of carbonyl (C=O) groups is 1. The minimum absolute atomic E-state index is 0.0829. The predicted molar refractivity (Wildman–Crippen MR) is 89.2 cm³/mol. The molecular weight excluding hydrogens is 327 g/mol. The van der Waals surface area contributed by atoms with Gasteiger partial charge in [-0.25, -0.2) is 4.39 Å². The number of likely N-dealkylation sites (tertiary alicyclic amines) is 1. The smallest absolute Gasteiger partial charge is 0.293 e. The van der Waals surface area contributed by atoms with E-state index in [-0.39, 0.29) is 23.5 Å². The van der Waals surface area contributed by atoms with E-state index >= 15 is 0 Å². The van der Waals surface area contributed by atoms with Gasteiger partial charge >= 0.3 is 0 Å². The number of amides is 1. The molecule has 6 heteroatoms. The Balaban J connectivity index is 1.60. The second kappa shape index (κ2) is 6.20. The molecule has 1 atom stereocenters. The van der Waals surface area contributed by atoms with E-state index in [1.165, 1.54) is 17.0 Å². The van der Waals surface area contributed by atoms with Crippen LogP contribution in [0, 0.1) is 5.82 Å². The lowest BCUT2D eigenvalue weighted by Crippen LogP contribution is -2.29. The maximum absolute atomic E-state index is 13.9. The van der Waals surface area contributed by atoms with Crippen molar-refractivity contribution in [1.82, 2.24) is 10.1 Å². The maximum Gasteiger partial charge on any atom is 0.293 e. The highest BCUT2D eigenvalue weighted by molar-refractivity contribution is 7.10. The minimum Gasteiger partial charge on any atom is -0.350 e. The normalized spacial score (nSPS) is 17.4. The molecule has 1 saturated heterocycles. The second-order valence-corrected chi connectivity index (χ2v) is 6.71. The Labute approximate surface area is 142 Å². The van der Waals surface area contributed by atoms with Crippen molar-refractivity contribution in [2.45, 2.75) is 18.9 Å². The summed E-state index contributed by atoms with van der Waals surface area (Å²) in [6.07, 6.45) is 1.91. The Hall–Kier alpha value is -2.47. The van der Waals surface area contributed by atoms with Crippen molar-refractivity contribution < 1.29 is 13.7 Å². The molecule has 0 radical (unpaired) electrons. The Morgan fingerprint density at radius 3 is 2.96 bits per heavy atom. The van der Waals surface area contributed by atoms with Crippen molar-refractivity contribution in [1.29, 1.82) is 0 Å². The molecule has 3 aromatic rings. The van der Waals surface area contributed by atoms with Gasteiger partial charge in [-0.05, 0) is 36.4 Å². The second-order valence-electron chi connectivity index (χ2n) is 5.73. The molecule has 122 valence electrons. The SMILES string of the molecule is O=C(c1cc(-c2ccccc2F)no1)N1CCCC1c1cccs1. The molecule has 0 aliphatic carbocycles. The fourth-order valence-corrected chi connectivity index (χ4v) is 3.97. The van der Waals surface area contributed by atoms with E-state index in [0.717, 1.165) is 12.8 Å². The molecule has 0 spiro atoms. The van der Waals surface area contributed by atoms with Crippen molar-refractivity contribution >= 4 is 17.2 Å². The third kappa shape index (κ3) is 2.63. The zero-order valence-corrected chi connectivity index (χ0v) is 13.6. The van der Waals surface area contributed by atoms with Gasteiger partial charge in [0.2, 0.25) is 5.76 Å². The van der Waals surface area contributed by atoms with Gasteiger partial charge in [-0.15, -0.1) is 11.3 Å². The Morgan fingerprint density at radius 2 is 2.17 bits per heavy atom. The van der Waals surface area contributed by atoms with Crippen LogP contribution in [0.2, 0.25) is 0 Å². The van der Waals surface area contributed by atoms with Crippen LogP contribution in [0.5, 0.6) is 0 Å². The van der Waals surface area contributed by atoms with Gasteiger partial charge in [0.25, 0.3) is 5.91 Å². The van der Waals surface area contributed by atoms with Crippen LogP contribution in [-0.2, 0) is 0 Å². The molecule has 4 rings (SSSR count). The van der Waals surface area contributed by atoms with Crippen molar-refractivity contribution in [3.05, 3.63) is 64.3 Å². The van der Waals surface area contributed by atoms with Crippen molar-refractivity contribution in [3.8, 4) is 11.3 Å². The molecule has 0 N–H and O–H groups in total. The molecule has 2 aromatic heterocycles. The number of hydrogen-bond acceptors (Lipinski definition) is 4. The molecule has 1 unspecified atom stereocenters. The van der Waals surface area contributed by atoms with E-state index in [4.69, 9.17) is 4.52 Å². The summed E-state index contributed by atoms with van der Waals surface area (Å²) in [6, 6.07) is 12.0. The summed E-state index contributed by atoms with van der Waals surface area (Å²) in [5.74, 6) is -0.430. The summed E-state index contributed by atoms with van der Waals surface area (Å²) >= 11 is 1.65. The topological polar surface area (TPSA) is 46.3 Å². The third-order valence-corrected chi connectivity index (χ3v) is 5.23. The first-order chi connectivity index (χ1) is 11.7. The first-order valence-corrected chi connectivity index (χ1v) is 8.68. The summed E-state index contributed by atoms with van der Waals surface area (Å²) in [7, 11) is 0. The van der Waals surface area contributed by atoms with E-state index in [1.807, 2.05) is 22.4 Å². The van der Waals surface area contributed by atoms with E-state index in [0.29, 0.717) is 17.8 Å². The first-order valence-electron chi connectivity index (χ1n) is 7.80. The van der Waals surface area contributed by atoms with Crippen LogP contribution < -0.4 is 0 Å². The van der Waals surface area contributed by atoms with Crippen LogP contribution in [0.3, 0.4) is 0 Å². The average Bonchev–Trinajstić information content (AvgIpc) is 3.34. The molecule has 1 aliphatic rings. The van der Waals surface area contributed by atoms with Crippen LogP contribution >= 0.6 is 11.3 Å². The van der Waals surface area contributed by atoms with Crippen LogP contribution in [0.4, 0.5) is 4.39 Å². The number of thiophene rings is 1. The standard InChI is InChI=1S/C18H15FN2O2S/c19-13-6-2-1-5-12(13)14-11-16(23-20-14)18(22)21-9-3-7-15(21)17-8-4-10-24-17/h1-2,4-6,8,10-11,15H,3,7,9H2. The lowest BCUT2D eigenvalue weighted by atomic mass is 10.1. The Bertz CT molecular complexity index is 860. The molecule has 4 nitrogen and oxygen atoms in total. The Kier molecular flexibility index (Phi) is 3.90. The van der Waals surface area contributed by atoms with E-state index in [2.05, 4.69) is 5.16 Å². The largest absolute Gasteiger partial charge is 0.350 e. The maximum atomic E-state index is 13.9. The van der Waals surface area contributed by atoms with Gasteiger partial charge in [-0.2, -0.15) is 0 Å². The molecule has 1 fully saturated rings. The lowest BCUT2D eigenvalue weighted by Gasteiger charge is -2.22. The zero-order chi connectivity index (χ0) is 16.5. The fraction of sp³-hybridized carbons (Fsp3) is 0.222. The third-order valence-electron chi connectivity index (χ3n) is 4.26. The summed E-state index contributed by atoms with van der Waals surface area (Å²) in [5, 5.41) is 5.88. The molecule has 1 amide bonds. The van der Waals surface area contributed by atoms with Crippen LogP contribution in [-0.4, -0.2) is 22.5 Å². The molecule has 1 aromatic carbocycles. The summed E-state index contributed by atoms with van der Waals surface area (Å²) in [4.78, 5) is 15.8. The monoisotopic (exact) mass is 342 g/mol. The molecule has 0 bridgehead atoms. The van der Waals surface area contributed by atoms with Gasteiger partial charge < -0.3 is 9.42 Å². The van der Waals surface area contributed by atoms with Gasteiger partial charge in [0.1, 0.15) is 11.5 Å².